The predicted molar refractivity (Wildman–Crippen MR) is 76.2 cm³/mol. The standard InChI is InChI=1S/2C6H4ClNO2.ClH.Na/c2*7-5-2-1-3-6(4-5)8(9)10;;/h2*1-4H;1H;/q;;;+1/p-1. The van der Waals surface area contributed by atoms with E-state index in [0.29, 0.717) is 10.0 Å². The molecule has 0 spiro atoms. The summed E-state index contributed by atoms with van der Waals surface area (Å²) in [5, 5.41) is 21.0. The average Bonchev–Trinajstić information content (AvgIpc) is 2.39. The molecule has 0 heterocycles. The van der Waals surface area contributed by atoms with E-state index in [0.717, 1.165) is 0 Å². The molecule has 0 amide bonds. The maximum absolute atomic E-state index is 10.1. The van der Waals surface area contributed by atoms with Gasteiger partial charge in [-0.2, -0.15) is 0 Å². The summed E-state index contributed by atoms with van der Waals surface area (Å²) in [6, 6.07) is 11.7. The van der Waals surface area contributed by atoms with Gasteiger partial charge in [-0.1, -0.05) is 35.3 Å². The Morgan fingerprint density at radius 1 is 0.773 bits per heavy atom. The number of non-ortho nitro benzene ring substituents is 2. The number of hydrogen-bond donors (Lipinski definition) is 0. The summed E-state index contributed by atoms with van der Waals surface area (Å²) in [5.74, 6) is 0. The second kappa shape index (κ2) is 11.6. The second-order valence-corrected chi connectivity index (χ2v) is 4.35. The Balaban J connectivity index is 0. The SMILES string of the molecule is O=[N+]([O-])c1cccc(Cl)c1.O=[N+]([O-])c1cccc(Cl)c1.[Cl-].[Na+]. The van der Waals surface area contributed by atoms with E-state index in [4.69, 9.17) is 23.2 Å². The van der Waals surface area contributed by atoms with Crippen LogP contribution < -0.4 is 42.0 Å². The van der Waals surface area contributed by atoms with Gasteiger partial charge >= 0.3 is 29.6 Å². The fourth-order valence-corrected chi connectivity index (χ4v) is 1.55. The normalized spacial score (nSPS) is 8.45. The van der Waals surface area contributed by atoms with Crippen molar-refractivity contribution in [1.29, 1.82) is 0 Å². The molecule has 0 N–H and O–H groups in total. The number of nitrogens with zero attached hydrogens (tertiary/aromatic N) is 2. The summed E-state index contributed by atoms with van der Waals surface area (Å²) in [6.45, 7) is 0. The van der Waals surface area contributed by atoms with E-state index in [1.807, 2.05) is 0 Å². The van der Waals surface area contributed by atoms with Crippen LogP contribution >= 0.6 is 23.2 Å². The third kappa shape index (κ3) is 8.53. The van der Waals surface area contributed by atoms with Crippen LogP contribution in [0.15, 0.2) is 48.5 Å². The minimum atomic E-state index is -0.480. The molecule has 22 heavy (non-hydrogen) atoms. The molecule has 0 fully saturated rings. The van der Waals surface area contributed by atoms with Crippen LogP contribution in [-0.2, 0) is 0 Å². The van der Waals surface area contributed by atoms with E-state index in [-0.39, 0.29) is 53.3 Å². The van der Waals surface area contributed by atoms with E-state index >= 15 is 0 Å². The van der Waals surface area contributed by atoms with Gasteiger partial charge in [-0.25, -0.2) is 0 Å². The first-order valence-corrected chi connectivity index (χ1v) is 5.95. The summed E-state index contributed by atoms with van der Waals surface area (Å²) in [6.07, 6.45) is 0. The van der Waals surface area contributed by atoms with Gasteiger partial charge in [0.25, 0.3) is 11.4 Å². The van der Waals surface area contributed by atoms with Crippen LogP contribution in [0.1, 0.15) is 0 Å². The van der Waals surface area contributed by atoms with Gasteiger partial charge < -0.3 is 12.4 Å². The van der Waals surface area contributed by atoms with E-state index in [2.05, 4.69) is 0 Å². The first-order valence-electron chi connectivity index (χ1n) is 5.20. The molecule has 0 bridgehead atoms. The quantitative estimate of drug-likeness (QED) is 0.364. The summed E-state index contributed by atoms with van der Waals surface area (Å²) < 4.78 is 0. The van der Waals surface area contributed by atoms with Gasteiger partial charge in [0.15, 0.2) is 0 Å². The van der Waals surface area contributed by atoms with E-state index in [9.17, 15) is 20.2 Å². The Bertz CT molecular complexity index is 588. The van der Waals surface area contributed by atoms with Crippen molar-refractivity contribution < 1.29 is 51.8 Å². The fraction of sp³-hybridized carbons (Fsp3) is 0. The van der Waals surface area contributed by atoms with E-state index < -0.39 is 9.85 Å². The van der Waals surface area contributed by atoms with E-state index in [1.54, 1.807) is 24.3 Å². The molecule has 10 heteroatoms. The summed E-state index contributed by atoms with van der Waals surface area (Å²) in [5.41, 5.74) is 0.0417. The topological polar surface area (TPSA) is 86.3 Å². The molecule has 0 saturated heterocycles. The summed E-state index contributed by atoms with van der Waals surface area (Å²) in [4.78, 5) is 19.2. The van der Waals surface area contributed by atoms with E-state index in [1.165, 1.54) is 24.3 Å². The van der Waals surface area contributed by atoms with Gasteiger partial charge in [0, 0.05) is 34.3 Å². The Hall–Kier alpha value is -0.890. The molecular formula is C12H8Cl3N2NaO4. The third-order valence-electron chi connectivity index (χ3n) is 2.04. The number of benzene rings is 2. The molecule has 6 nitrogen and oxygen atoms in total. The van der Waals surface area contributed by atoms with Crippen LogP contribution in [0, 0.1) is 20.2 Å². The number of halogens is 3. The van der Waals surface area contributed by atoms with Crippen molar-refractivity contribution in [1.82, 2.24) is 0 Å². The first-order chi connectivity index (χ1) is 9.40. The molecular weight excluding hydrogens is 365 g/mol. The van der Waals surface area contributed by atoms with Gasteiger partial charge in [0.2, 0.25) is 0 Å². The Labute approximate surface area is 164 Å². The zero-order valence-corrected chi connectivity index (χ0v) is 15.5. The van der Waals surface area contributed by atoms with Gasteiger partial charge in [-0.15, -0.1) is 0 Å². The van der Waals surface area contributed by atoms with Crippen LogP contribution in [0.25, 0.3) is 0 Å². The van der Waals surface area contributed by atoms with Crippen molar-refractivity contribution in [3.05, 3.63) is 78.8 Å². The van der Waals surface area contributed by atoms with Crippen molar-refractivity contribution in [2.45, 2.75) is 0 Å². The average molecular weight is 374 g/mol. The Morgan fingerprint density at radius 2 is 1.09 bits per heavy atom. The minimum absolute atomic E-state index is 0. The third-order valence-corrected chi connectivity index (χ3v) is 2.51. The molecule has 0 radical (unpaired) electrons. The Kier molecular flexibility index (Phi) is 12.4. The second-order valence-electron chi connectivity index (χ2n) is 3.47. The molecule has 0 unspecified atom stereocenters. The maximum atomic E-state index is 10.1. The Morgan fingerprint density at radius 3 is 1.27 bits per heavy atom. The minimum Gasteiger partial charge on any atom is -1.00 e. The van der Waals surface area contributed by atoms with Crippen LogP contribution in [0.3, 0.4) is 0 Å². The number of rotatable bonds is 2. The van der Waals surface area contributed by atoms with Crippen LogP contribution in [0.5, 0.6) is 0 Å². The maximum Gasteiger partial charge on any atom is 1.00 e. The van der Waals surface area contributed by atoms with Gasteiger partial charge in [0.1, 0.15) is 0 Å². The van der Waals surface area contributed by atoms with Crippen molar-refractivity contribution >= 4 is 34.6 Å². The molecule has 0 aliphatic heterocycles. The van der Waals surface area contributed by atoms with Crippen molar-refractivity contribution in [3.8, 4) is 0 Å². The molecule has 0 aliphatic rings. The molecule has 2 aromatic rings. The molecule has 0 aromatic heterocycles. The van der Waals surface area contributed by atoms with Crippen molar-refractivity contribution in [3.63, 3.8) is 0 Å². The first kappa shape index (κ1) is 23.4. The number of hydrogen-bond acceptors (Lipinski definition) is 4. The molecule has 2 rings (SSSR count). The van der Waals surface area contributed by atoms with Crippen LogP contribution in [0.2, 0.25) is 10.0 Å². The van der Waals surface area contributed by atoms with Crippen LogP contribution in [0.4, 0.5) is 11.4 Å². The fourth-order valence-electron chi connectivity index (χ4n) is 1.18. The molecule has 112 valence electrons. The molecule has 0 saturated carbocycles. The number of nitro benzene ring substituents is 2. The smallest absolute Gasteiger partial charge is 1.00 e. The molecule has 2 aromatic carbocycles. The summed E-state index contributed by atoms with van der Waals surface area (Å²) >= 11 is 11.0. The van der Waals surface area contributed by atoms with Crippen LogP contribution in [-0.4, -0.2) is 9.85 Å². The summed E-state index contributed by atoms with van der Waals surface area (Å²) in [7, 11) is 0. The monoisotopic (exact) mass is 372 g/mol. The van der Waals surface area contributed by atoms with Crippen molar-refractivity contribution in [2.24, 2.45) is 0 Å². The van der Waals surface area contributed by atoms with Crippen molar-refractivity contribution in [2.75, 3.05) is 0 Å². The zero-order valence-electron chi connectivity index (χ0n) is 11.3. The van der Waals surface area contributed by atoms with Gasteiger partial charge in [-0.3, -0.25) is 20.2 Å². The molecule has 0 aliphatic carbocycles. The largest absolute Gasteiger partial charge is 1.00 e. The zero-order chi connectivity index (χ0) is 15.1. The molecule has 0 atom stereocenters. The number of nitro groups is 2. The van der Waals surface area contributed by atoms with Gasteiger partial charge in [-0.05, 0) is 12.1 Å². The predicted octanol–water partition coefficient (Wildman–Crippen LogP) is -1.50. The van der Waals surface area contributed by atoms with Gasteiger partial charge in [0.05, 0.1) is 9.85 Å².